The second-order valence-electron chi connectivity index (χ2n) is 8.90. The van der Waals surface area contributed by atoms with Crippen molar-refractivity contribution in [3.05, 3.63) is 42.6 Å². The molecule has 202 valence electrons. The Kier molecular flexibility index (Phi) is 8.48. The van der Waals surface area contributed by atoms with Gasteiger partial charge in [-0.2, -0.15) is 4.31 Å². The topological polar surface area (TPSA) is 130 Å². The van der Waals surface area contributed by atoms with Crippen molar-refractivity contribution in [2.75, 3.05) is 45.9 Å². The van der Waals surface area contributed by atoms with E-state index in [1.807, 2.05) is 18.7 Å². The zero-order chi connectivity index (χ0) is 26.9. The van der Waals surface area contributed by atoms with Crippen LogP contribution in [0.1, 0.15) is 20.3 Å². The number of benzene rings is 1. The Hall–Kier alpha value is -2.20. The van der Waals surface area contributed by atoms with Gasteiger partial charge in [0.25, 0.3) is 5.56 Å². The molecule has 1 aromatic carbocycles. The van der Waals surface area contributed by atoms with Crippen LogP contribution >= 0.6 is 22.6 Å². The highest BCUT2D eigenvalue weighted by Crippen LogP contribution is 2.37. The zero-order valence-electron chi connectivity index (χ0n) is 21.2. The van der Waals surface area contributed by atoms with E-state index in [9.17, 15) is 23.1 Å². The summed E-state index contributed by atoms with van der Waals surface area (Å²) in [7, 11) is -2.35. The molecule has 0 aliphatic carbocycles. The number of aliphatic hydroxyl groups is 1. The molecule has 3 heterocycles. The van der Waals surface area contributed by atoms with Crippen LogP contribution in [-0.2, 0) is 23.6 Å². The first-order valence-electron chi connectivity index (χ1n) is 12.3. The average molecular weight is 646 g/mol. The molecule has 4 rings (SSSR count). The number of piperazine rings is 1. The van der Waals surface area contributed by atoms with Crippen LogP contribution in [0.2, 0.25) is 0 Å². The van der Waals surface area contributed by atoms with Crippen molar-refractivity contribution >= 4 is 43.6 Å². The molecule has 1 aliphatic heterocycles. The van der Waals surface area contributed by atoms with E-state index < -0.39 is 21.3 Å². The first kappa shape index (κ1) is 27.8. The molecule has 0 amide bonds. The maximum atomic E-state index is 13.6. The fraction of sp³-hybridized carbons (Fsp3) is 0.500. The van der Waals surface area contributed by atoms with Crippen LogP contribution in [-0.4, -0.2) is 82.8 Å². The van der Waals surface area contributed by atoms with E-state index in [2.05, 4.69) is 27.6 Å². The lowest BCUT2D eigenvalue weighted by Crippen LogP contribution is -2.49. The standard InChI is InChI=1S/C24H32IN5O6S/c1-4-8-30-22-19(25)20(26-21(22)23(32)27(3)24(30)33)17-15-16(6-7-18(17)36-5-2)37(34,35)29-11-9-28(10-12-29)13-14-31/h6-7,15,26,31H,4-5,8-14H2,1-3H3. The highest BCUT2D eigenvalue weighted by atomic mass is 127. The number of aryl methyl sites for hydroxylation is 1. The number of nitrogens with one attached hydrogen (secondary N) is 1. The van der Waals surface area contributed by atoms with Gasteiger partial charge < -0.3 is 14.8 Å². The summed E-state index contributed by atoms with van der Waals surface area (Å²) in [5.41, 5.74) is 0.965. The molecule has 0 saturated carbocycles. The van der Waals surface area contributed by atoms with Crippen LogP contribution in [0.5, 0.6) is 5.75 Å². The zero-order valence-corrected chi connectivity index (χ0v) is 24.1. The Morgan fingerprint density at radius 3 is 2.43 bits per heavy atom. The second kappa shape index (κ2) is 11.3. The van der Waals surface area contributed by atoms with Gasteiger partial charge in [-0.25, -0.2) is 13.2 Å². The summed E-state index contributed by atoms with van der Waals surface area (Å²) in [5, 5.41) is 9.17. The normalized spacial score (nSPS) is 15.5. The molecular formula is C24H32IN5O6S. The van der Waals surface area contributed by atoms with E-state index in [0.717, 1.165) is 4.57 Å². The fourth-order valence-electron chi connectivity index (χ4n) is 4.65. The summed E-state index contributed by atoms with van der Waals surface area (Å²) in [6, 6.07) is 4.73. The lowest BCUT2D eigenvalue weighted by molar-refractivity contribution is 0.151. The molecule has 37 heavy (non-hydrogen) atoms. The number of halogens is 1. The number of rotatable bonds is 9. The number of sulfonamides is 1. The summed E-state index contributed by atoms with van der Waals surface area (Å²) >= 11 is 2.10. The minimum atomic E-state index is -3.79. The Balaban J connectivity index is 1.86. The summed E-state index contributed by atoms with van der Waals surface area (Å²) in [6.45, 7) is 6.89. The molecule has 1 aliphatic rings. The predicted molar refractivity (Wildman–Crippen MR) is 150 cm³/mol. The molecule has 13 heteroatoms. The largest absolute Gasteiger partial charge is 0.493 e. The Bertz CT molecular complexity index is 1520. The Labute approximate surface area is 228 Å². The summed E-state index contributed by atoms with van der Waals surface area (Å²) in [6.07, 6.45) is 0.702. The van der Waals surface area contributed by atoms with Crippen molar-refractivity contribution in [1.29, 1.82) is 0 Å². The van der Waals surface area contributed by atoms with Crippen LogP contribution in [0.15, 0.2) is 32.7 Å². The maximum Gasteiger partial charge on any atom is 0.331 e. The number of aliphatic hydroxyl groups excluding tert-OH is 1. The van der Waals surface area contributed by atoms with Crippen molar-refractivity contribution < 1.29 is 18.3 Å². The molecule has 0 radical (unpaired) electrons. The smallest absolute Gasteiger partial charge is 0.331 e. The molecule has 2 N–H and O–H groups in total. The number of aromatic nitrogens is 3. The number of hydrogen-bond acceptors (Lipinski definition) is 7. The van der Waals surface area contributed by atoms with Crippen molar-refractivity contribution in [1.82, 2.24) is 23.3 Å². The van der Waals surface area contributed by atoms with Gasteiger partial charge in [0.15, 0.2) is 0 Å². The first-order valence-corrected chi connectivity index (χ1v) is 14.8. The highest BCUT2D eigenvalue weighted by molar-refractivity contribution is 14.1. The predicted octanol–water partition coefficient (Wildman–Crippen LogP) is 1.41. The van der Waals surface area contributed by atoms with E-state index >= 15 is 0 Å². The fourth-order valence-corrected chi connectivity index (χ4v) is 7.09. The number of H-pyrrole nitrogens is 1. The van der Waals surface area contributed by atoms with E-state index in [0.29, 0.717) is 78.4 Å². The lowest BCUT2D eigenvalue weighted by Gasteiger charge is -2.33. The monoisotopic (exact) mass is 645 g/mol. The third-order valence-corrected chi connectivity index (χ3v) is 9.52. The van der Waals surface area contributed by atoms with E-state index in [1.165, 1.54) is 17.4 Å². The molecule has 1 saturated heterocycles. The minimum Gasteiger partial charge on any atom is -0.493 e. The highest BCUT2D eigenvalue weighted by Gasteiger charge is 2.30. The van der Waals surface area contributed by atoms with E-state index in [1.54, 1.807) is 16.7 Å². The van der Waals surface area contributed by atoms with Gasteiger partial charge in [-0.15, -0.1) is 0 Å². The lowest BCUT2D eigenvalue weighted by atomic mass is 10.1. The number of fused-ring (bicyclic) bond motifs is 1. The SMILES string of the molecule is CCCn1c(=O)n(C)c(=O)c2[nH]c(-c3cc(S(=O)(=O)N4CCN(CCO)CC4)ccc3OCC)c(I)c21. The van der Waals surface area contributed by atoms with Crippen LogP contribution in [0, 0.1) is 3.57 Å². The van der Waals surface area contributed by atoms with Crippen molar-refractivity contribution in [2.45, 2.75) is 31.7 Å². The van der Waals surface area contributed by atoms with E-state index in [4.69, 9.17) is 4.74 Å². The molecule has 0 unspecified atom stereocenters. The number of hydrogen-bond donors (Lipinski definition) is 2. The third kappa shape index (κ3) is 5.11. The molecule has 0 spiro atoms. The van der Waals surface area contributed by atoms with Gasteiger partial charge in [-0.3, -0.25) is 18.8 Å². The molecule has 0 atom stereocenters. The van der Waals surface area contributed by atoms with Gasteiger partial charge in [-0.05, 0) is 54.1 Å². The summed E-state index contributed by atoms with van der Waals surface area (Å²) < 4.78 is 37.7. The molecule has 2 aromatic heterocycles. The van der Waals surface area contributed by atoms with Gasteiger partial charge >= 0.3 is 5.69 Å². The quantitative estimate of drug-likeness (QED) is 0.337. The molecule has 11 nitrogen and oxygen atoms in total. The number of aromatic amines is 1. The second-order valence-corrected chi connectivity index (χ2v) is 11.9. The number of nitrogens with zero attached hydrogens (tertiary/aromatic N) is 4. The number of β-amino-alcohol motifs (C(OH)–C–C–N with tert-alkyl or cyclic N) is 1. The maximum absolute atomic E-state index is 13.6. The number of ether oxygens (including phenoxy) is 1. The van der Waals surface area contributed by atoms with Crippen molar-refractivity contribution in [2.24, 2.45) is 7.05 Å². The van der Waals surface area contributed by atoms with Crippen LogP contribution in [0.25, 0.3) is 22.3 Å². The van der Waals surface area contributed by atoms with Crippen molar-refractivity contribution in [3.63, 3.8) is 0 Å². The Morgan fingerprint density at radius 2 is 1.81 bits per heavy atom. The van der Waals surface area contributed by atoms with Crippen LogP contribution < -0.4 is 16.0 Å². The average Bonchev–Trinajstić information content (AvgIpc) is 3.23. The summed E-state index contributed by atoms with van der Waals surface area (Å²) in [4.78, 5) is 31.2. The molecule has 3 aromatic rings. The van der Waals surface area contributed by atoms with Gasteiger partial charge in [0.2, 0.25) is 10.0 Å². The minimum absolute atomic E-state index is 0.0351. The first-order chi connectivity index (χ1) is 17.6. The van der Waals surface area contributed by atoms with E-state index in [-0.39, 0.29) is 17.0 Å². The van der Waals surface area contributed by atoms with Gasteiger partial charge in [-0.1, -0.05) is 6.92 Å². The molecule has 0 bridgehead atoms. The van der Waals surface area contributed by atoms with Gasteiger partial charge in [0, 0.05) is 51.9 Å². The Morgan fingerprint density at radius 1 is 1.11 bits per heavy atom. The van der Waals surface area contributed by atoms with Crippen LogP contribution in [0.4, 0.5) is 0 Å². The van der Waals surface area contributed by atoms with Crippen LogP contribution in [0.3, 0.4) is 0 Å². The summed E-state index contributed by atoms with van der Waals surface area (Å²) in [5.74, 6) is 0.472. The molecule has 1 fully saturated rings. The van der Waals surface area contributed by atoms with Crippen molar-refractivity contribution in [3.8, 4) is 17.0 Å². The van der Waals surface area contributed by atoms with Gasteiger partial charge in [0.05, 0.1) is 32.9 Å². The third-order valence-electron chi connectivity index (χ3n) is 6.57. The molecular weight excluding hydrogens is 613 g/mol. The van der Waals surface area contributed by atoms with Gasteiger partial charge in [0.1, 0.15) is 11.3 Å².